The lowest BCUT2D eigenvalue weighted by atomic mass is 9.95. The summed E-state index contributed by atoms with van der Waals surface area (Å²) >= 11 is 0. The van der Waals surface area contributed by atoms with Gasteiger partial charge in [-0.15, -0.1) is 0 Å². The summed E-state index contributed by atoms with van der Waals surface area (Å²) in [6.07, 6.45) is 1.78. The van der Waals surface area contributed by atoms with Crippen LogP contribution >= 0.6 is 0 Å². The molecule has 0 bridgehead atoms. The SMILES string of the molecule is Cc1ccc2ccc([C@H](Nc3cccc[nH+]3)c3cccc([N+](=O)[O-])c3)c(O)c2n1. The lowest BCUT2D eigenvalue weighted by Crippen LogP contribution is -2.19. The van der Waals surface area contributed by atoms with Crippen molar-refractivity contribution >= 4 is 22.4 Å². The number of hydrogen-bond donors (Lipinski definition) is 2. The molecule has 0 amide bonds. The number of aromatic hydroxyl groups is 1. The fraction of sp³-hybridized carbons (Fsp3) is 0.0909. The molecule has 0 saturated heterocycles. The Hall–Kier alpha value is -4.00. The third-order valence-corrected chi connectivity index (χ3v) is 4.74. The predicted octanol–water partition coefficient (Wildman–Crippen LogP) is 4.17. The zero-order valence-electron chi connectivity index (χ0n) is 15.7. The zero-order valence-corrected chi connectivity index (χ0v) is 15.7. The molecule has 1 atom stereocenters. The van der Waals surface area contributed by atoms with Crippen LogP contribution in [0.25, 0.3) is 10.9 Å². The Balaban J connectivity index is 1.88. The van der Waals surface area contributed by atoms with Crippen molar-refractivity contribution in [3.05, 3.63) is 99.9 Å². The molecule has 0 unspecified atom stereocenters. The number of fused-ring (bicyclic) bond motifs is 1. The molecule has 0 aliphatic rings. The number of H-pyrrole nitrogens is 1. The van der Waals surface area contributed by atoms with Crippen molar-refractivity contribution in [3.63, 3.8) is 0 Å². The van der Waals surface area contributed by atoms with Crippen LogP contribution in [-0.2, 0) is 0 Å². The van der Waals surface area contributed by atoms with Gasteiger partial charge in [-0.1, -0.05) is 30.3 Å². The predicted molar refractivity (Wildman–Crippen MR) is 110 cm³/mol. The van der Waals surface area contributed by atoms with Gasteiger partial charge >= 0.3 is 0 Å². The number of benzene rings is 2. The van der Waals surface area contributed by atoms with Crippen molar-refractivity contribution in [3.8, 4) is 5.75 Å². The average molecular weight is 387 g/mol. The van der Waals surface area contributed by atoms with Gasteiger partial charge < -0.3 is 5.11 Å². The van der Waals surface area contributed by atoms with E-state index in [1.54, 1.807) is 18.3 Å². The molecule has 29 heavy (non-hydrogen) atoms. The summed E-state index contributed by atoms with van der Waals surface area (Å²) in [4.78, 5) is 18.4. The summed E-state index contributed by atoms with van der Waals surface area (Å²) in [6.45, 7) is 1.86. The van der Waals surface area contributed by atoms with Gasteiger partial charge in [0, 0.05) is 40.4 Å². The van der Waals surface area contributed by atoms with E-state index in [0.717, 1.165) is 11.1 Å². The minimum absolute atomic E-state index is 0.0133. The Morgan fingerprint density at radius 2 is 1.93 bits per heavy atom. The number of phenolic OH excluding ortho intramolecular Hbond substituents is 1. The normalized spacial score (nSPS) is 11.9. The van der Waals surface area contributed by atoms with E-state index >= 15 is 0 Å². The van der Waals surface area contributed by atoms with Gasteiger partial charge in [0.15, 0.2) is 0 Å². The summed E-state index contributed by atoms with van der Waals surface area (Å²) in [7, 11) is 0. The Labute approximate surface area is 166 Å². The zero-order chi connectivity index (χ0) is 20.4. The number of aryl methyl sites for hydroxylation is 1. The first-order valence-electron chi connectivity index (χ1n) is 9.10. The number of phenols is 1. The molecule has 0 radical (unpaired) electrons. The van der Waals surface area contributed by atoms with Crippen molar-refractivity contribution in [1.82, 2.24) is 4.98 Å². The molecule has 4 rings (SSSR count). The Bertz CT molecular complexity index is 1200. The smallest absolute Gasteiger partial charge is 0.272 e. The van der Waals surface area contributed by atoms with Crippen LogP contribution < -0.4 is 10.3 Å². The summed E-state index contributed by atoms with van der Waals surface area (Å²) < 4.78 is 0. The molecule has 7 heteroatoms. The number of non-ortho nitro benzene ring substituents is 1. The van der Waals surface area contributed by atoms with E-state index in [4.69, 9.17) is 0 Å². The standard InChI is InChI=1S/C22H18N4O3/c1-14-8-9-15-10-11-18(22(27)21(15)24-14)20(25-19-7-2-3-12-23-19)16-5-4-6-17(13-16)26(28)29/h2-13,20,27H,1H3,(H,23,25)/p+1/t20-/m1/s1. The topological polar surface area (TPSA) is 102 Å². The largest absolute Gasteiger partial charge is 0.505 e. The number of aromatic amines is 1. The summed E-state index contributed by atoms with van der Waals surface area (Å²) in [5.74, 6) is 0.756. The van der Waals surface area contributed by atoms with Gasteiger partial charge in [-0.3, -0.25) is 15.4 Å². The van der Waals surface area contributed by atoms with Gasteiger partial charge in [0.1, 0.15) is 17.3 Å². The number of nitro benzene ring substituents is 1. The van der Waals surface area contributed by atoms with E-state index in [1.807, 2.05) is 49.4 Å². The molecule has 2 aromatic carbocycles. The number of hydrogen-bond acceptors (Lipinski definition) is 5. The maximum absolute atomic E-state index is 11.3. The van der Waals surface area contributed by atoms with Crippen LogP contribution in [0.5, 0.6) is 5.75 Å². The molecule has 0 spiro atoms. The average Bonchev–Trinajstić information content (AvgIpc) is 2.74. The fourth-order valence-corrected chi connectivity index (χ4v) is 3.32. The van der Waals surface area contributed by atoms with Gasteiger partial charge in [0.2, 0.25) is 0 Å². The van der Waals surface area contributed by atoms with Crippen molar-refractivity contribution in [1.29, 1.82) is 0 Å². The number of nitrogens with one attached hydrogen (secondary N) is 2. The first kappa shape index (κ1) is 18.4. The maximum Gasteiger partial charge on any atom is 0.272 e. The molecule has 0 aliphatic carbocycles. The number of pyridine rings is 2. The number of rotatable bonds is 5. The quantitative estimate of drug-likeness (QED) is 0.395. The monoisotopic (exact) mass is 387 g/mol. The first-order chi connectivity index (χ1) is 14.0. The highest BCUT2D eigenvalue weighted by molar-refractivity contribution is 5.86. The summed E-state index contributed by atoms with van der Waals surface area (Å²) in [5.41, 5.74) is 2.51. The van der Waals surface area contributed by atoms with Crippen molar-refractivity contribution in [2.75, 3.05) is 5.32 Å². The number of nitrogens with zero attached hydrogens (tertiary/aromatic N) is 2. The molecule has 2 heterocycles. The van der Waals surface area contributed by atoms with Crippen LogP contribution in [0.1, 0.15) is 22.9 Å². The van der Waals surface area contributed by atoms with Gasteiger partial charge in [-0.05, 0) is 25.1 Å². The van der Waals surface area contributed by atoms with E-state index in [9.17, 15) is 15.2 Å². The van der Waals surface area contributed by atoms with Crippen LogP contribution in [0, 0.1) is 17.0 Å². The van der Waals surface area contributed by atoms with E-state index in [2.05, 4.69) is 15.3 Å². The summed E-state index contributed by atoms with van der Waals surface area (Å²) in [5, 5.41) is 26.4. The molecular formula is C22H19N4O3+. The van der Waals surface area contributed by atoms with Crippen molar-refractivity contribution < 1.29 is 15.0 Å². The van der Waals surface area contributed by atoms with Gasteiger partial charge in [-0.25, -0.2) is 9.97 Å². The van der Waals surface area contributed by atoms with Crippen LogP contribution in [-0.4, -0.2) is 15.0 Å². The highest BCUT2D eigenvalue weighted by Crippen LogP contribution is 2.37. The molecule has 0 aliphatic heterocycles. The lowest BCUT2D eigenvalue weighted by molar-refractivity contribution is -0.384. The van der Waals surface area contributed by atoms with Crippen LogP contribution in [0.4, 0.5) is 11.5 Å². The molecule has 3 N–H and O–H groups in total. The Morgan fingerprint density at radius 1 is 1.10 bits per heavy atom. The fourth-order valence-electron chi connectivity index (χ4n) is 3.32. The highest BCUT2D eigenvalue weighted by Gasteiger charge is 2.25. The van der Waals surface area contributed by atoms with Gasteiger partial charge in [0.25, 0.3) is 11.5 Å². The second kappa shape index (κ2) is 7.55. The minimum atomic E-state index is -0.528. The molecule has 0 saturated carbocycles. The van der Waals surface area contributed by atoms with Gasteiger partial charge in [0.05, 0.1) is 11.1 Å². The molecule has 0 fully saturated rings. The van der Waals surface area contributed by atoms with Crippen molar-refractivity contribution in [2.24, 2.45) is 0 Å². The van der Waals surface area contributed by atoms with E-state index in [0.29, 0.717) is 22.5 Å². The molecule has 144 valence electrons. The van der Waals surface area contributed by atoms with E-state index < -0.39 is 11.0 Å². The van der Waals surface area contributed by atoms with E-state index in [1.165, 1.54) is 12.1 Å². The minimum Gasteiger partial charge on any atom is -0.505 e. The molecule has 7 nitrogen and oxygen atoms in total. The summed E-state index contributed by atoms with van der Waals surface area (Å²) in [6, 6.07) is 18.9. The lowest BCUT2D eigenvalue weighted by Gasteiger charge is -2.17. The maximum atomic E-state index is 11.3. The second-order valence-corrected chi connectivity index (χ2v) is 6.73. The number of nitro groups is 1. The van der Waals surface area contributed by atoms with Crippen LogP contribution in [0.2, 0.25) is 0 Å². The van der Waals surface area contributed by atoms with E-state index in [-0.39, 0.29) is 11.4 Å². The second-order valence-electron chi connectivity index (χ2n) is 6.73. The number of anilines is 1. The van der Waals surface area contributed by atoms with Crippen LogP contribution in [0.3, 0.4) is 0 Å². The number of aromatic nitrogens is 2. The third-order valence-electron chi connectivity index (χ3n) is 4.74. The Kier molecular flexibility index (Phi) is 4.78. The van der Waals surface area contributed by atoms with Crippen LogP contribution in [0.15, 0.2) is 72.9 Å². The molecule has 2 aromatic heterocycles. The Morgan fingerprint density at radius 3 is 2.69 bits per heavy atom. The highest BCUT2D eigenvalue weighted by atomic mass is 16.6. The van der Waals surface area contributed by atoms with Gasteiger partial charge in [-0.2, -0.15) is 0 Å². The third kappa shape index (κ3) is 3.70. The first-order valence-corrected chi connectivity index (χ1v) is 9.10. The van der Waals surface area contributed by atoms with Crippen molar-refractivity contribution in [2.45, 2.75) is 13.0 Å². The molecular weight excluding hydrogens is 368 g/mol. The molecule has 4 aromatic rings.